The van der Waals surface area contributed by atoms with Crippen LogP contribution >= 0.6 is 11.8 Å². The van der Waals surface area contributed by atoms with E-state index < -0.39 is 5.97 Å². The lowest BCUT2D eigenvalue weighted by Crippen LogP contribution is -2.09. The number of carboxylic acids is 1. The Morgan fingerprint density at radius 2 is 2.21 bits per heavy atom. The van der Waals surface area contributed by atoms with E-state index in [9.17, 15) is 4.79 Å². The molecule has 1 heterocycles. The molecule has 0 fully saturated rings. The maximum absolute atomic E-state index is 10.9. The van der Waals surface area contributed by atoms with E-state index in [2.05, 4.69) is 5.10 Å². The van der Waals surface area contributed by atoms with Crippen molar-refractivity contribution >= 4 is 23.5 Å². The summed E-state index contributed by atoms with van der Waals surface area (Å²) in [6.07, 6.45) is 1.78. The Labute approximate surface area is 86.3 Å². The predicted octanol–water partition coefficient (Wildman–Crippen LogP) is 1.47. The summed E-state index contributed by atoms with van der Waals surface area (Å²) in [5.41, 5.74) is 5.79. The lowest BCUT2D eigenvalue weighted by Gasteiger charge is -2.06. The molecule has 0 unspecified atom stereocenters. The molecule has 0 spiro atoms. The predicted molar refractivity (Wildman–Crippen MR) is 55.8 cm³/mol. The lowest BCUT2D eigenvalue weighted by molar-refractivity contribution is 0.0694. The van der Waals surface area contributed by atoms with Gasteiger partial charge in [0.25, 0.3) is 0 Å². The molecule has 14 heavy (non-hydrogen) atoms. The number of carboxylic acid groups (broad SMARTS) is 1. The van der Waals surface area contributed by atoms with Crippen LogP contribution in [0.2, 0.25) is 0 Å². The molecule has 0 saturated carbocycles. The number of aromatic carboxylic acids is 1. The van der Waals surface area contributed by atoms with Crippen molar-refractivity contribution in [1.29, 1.82) is 0 Å². The fourth-order valence-electron chi connectivity index (χ4n) is 1.16. The average Bonchev–Trinajstić information content (AvgIpc) is 2.42. The Balaban J connectivity index is 3.33. The highest BCUT2D eigenvalue weighted by Crippen LogP contribution is 2.26. The number of anilines is 1. The van der Waals surface area contributed by atoms with E-state index in [1.54, 1.807) is 6.26 Å². The quantitative estimate of drug-likeness (QED) is 0.746. The zero-order chi connectivity index (χ0) is 10.9. The van der Waals surface area contributed by atoms with Gasteiger partial charge in [-0.05, 0) is 20.1 Å². The molecule has 6 heteroatoms. The number of hydrogen-bond donors (Lipinski definition) is 2. The third-order valence-corrected chi connectivity index (χ3v) is 2.48. The molecule has 0 aliphatic carbocycles. The van der Waals surface area contributed by atoms with Crippen molar-refractivity contribution in [2.45, 2.75) is 24.9 Å². The third kappa shape index (κ3) is 1.70. The lowest BCUT2D eigenvalue weighted by atomic mass is 10.3. The molecule has 1 rings (SSSR count). The summed E-state index contributed by atoms with van der Waals surface area (Å²) in [5.74, 6) is -0.810. The maximum atomic E-state index is 10.9. The molecule has 0 aromatic carbocycles. The molecule has 1 aromatic heterocycles. The molecule has 0 saturated heterocycles. The van der Waals surface area contributed by atoms with E-state index in [1.165, 1.54) is 16.4 Å². The van der Waals surface area contributed by atoms with Crippen molar-refractivity contribution < 1.29 is 9.90 Å². The number of nitrogens with zero attached hydrogens (tertiary/aromatic N) is 2. The first-order valence-electron chi connectivity index (χ1n) is 4.14. The summed E-state index contributed by atoms with van der Waals surface area (Å²) in [6, 6.07) is 0.0639. The van der Waals surface area contributed by atoms with Crippen LogP contribution < -0.4 is 5.73 Å². The molecule has 0 atom stereocenters. The third-order valence-electron chi connectivity index (χ3n) is 1.81. The Bertz CT molecular complexity index is 360. The van der Waals surface area contributed by atoms with Gasteiger partial charge < -0.3 is 10.8 Å². The second kappa shape index (κ2) is 3.91. The summed E-state index contributed by atoms with van der Waals surface area (Å²) in [4.78, 5) is 10.9. The van der Waals surface area contributed by atoms with Crippen LogP contribution in [0.1, 0.15) is 30.2 Å². The highest BCUT2D eigenvalue weighted by Gasteiger charge is 2.21. The molecule has 5 nitrogen and oxygen atoms in total. The van der Waals surface area contributed by atoms with Crippen LogP contribution in [0.15, 0.2) is 5.03 Å². The number of thioether (sulfide) groups is 1. The van der Waals surface area contributed by atoms with E-state index >= 15 is 0 Å². The molecule has 0 aliphatic rings. The summed E-state index contributed by atoms with van der Waals surface area (Å²) >= 11 is 1.28. The van der Waals surface area contributed by atoms with Crippen molar-refractivity contribution in [2.75, 3.05) is 12.0 Å². The summed E-state index contributed by atoms with van der Waals surface area (Å²) in [6.45, 7) is 3.80. The van der Waals surface area contributed by atoms with Gasteiger partial charge in [0.1, 0.15) is 16.4 Å². The number of carbonyl (C=O) groups is 1. The molecule has 3 N–H and O–H groups in total. The van der Waals surface area contributed by atoms with E-state index in [0.717, 1.165) is 0 Å². The first kappa shape index (κ1) is 10.9. The topological polar surface area (TPSA) is 81.1 Å². The monoisotopic (exact) mass is 215 g/mol. The van der Waals surface area contributed by atoms with Gasteiger partial charge in [-0.2, -0.15) is 5.10 Å². The van der Waals surface area contributed by atoms with Gasteiger partial charge in [-0.1, -0.05) is 0 Å². The minimum atomic E-state index is -1.03. The molecule has 0 aliphatic heterocycles. The zero-order valence-electron chi connectivity index (χ0n) is 8.31. The van der Waals surface area contributed by atoms with E-state index in [4.69, 9.17) is 10.8 Å². The molecular weight excluding hydrogens is 202 g/mol. The SMILES string of the molecule is CSc1nn(C(C)C)c(N)c1C(=O)O. The standard InChI is InChI=1S/C8H13N3O2S/c1-4(2)11-6(9)5(8(12)13)7(10-11)14-3/h4H,9H2,1-3H3,(H,12,13). The first-order valence-corrected chi connectivity index (χ1v) is 5.36. The molecule has 0 amide bonds. The first-order chi connectivity index (χ1) is 6.49. The van der Waals surface area contributed by atoms with Gasteiger partial charge in [0, 0.05) is 6.04 Å². The van der Waals surface area contributed by atoms with Crippen LogP contribution in [0.3, 0.4) is 0 Å². The number of rotatable bonds is 3. The van der Waals surface area contributed by atoms with Gasteiger partial charge in [-0.3, -0.25) is 0 Å². The van der Waals surface area contributed by atoms with Gasteiger partial charge in [-0.25, -0.2) is 9.48 Å². The number of nitrogens with two attached hydrogens (primary N) is 1. The number of aromatic nitrogens is 2. The molecule has 1 aromatic rings. The van der Waals surface area contributed by atoms with Crippen LogP contribution in [-0.2, 0) is 0 Å². The van der Waals surface area contributed by atoms with Crippen LogP contribution in [0.25, 0.3) is 0 Å². The second-order valence-corrected chi connectivity index (χ2v) is 3.91. The molecular formula is C8H13N3O2S. The van der Waals surface area contributed by atoms with Gasteiger partial charge in [0.05, 0.1) is 0 Å². The van der Waals surface area contributed by atoms with E-state index in [1.807, 2.05) is 13.8 Å². The van der Waals surface area contributed by atoms with E-state index in [0.29, 0.717) is 5.03 Å². The number of hydrogen-bond acceptors (Lipinski definition) is 4. The van der Waals surface area contributed by atoms with Crippen molar-refractivity contribution in [2.24, 2.45) is 0 Å². The maximum Gasteiger partial charge on any atom is 0.342 e. The minimum absolute atomic E-state index is 0.0639. The Kier molecular flexibility index (Phi) is 3.05. The van der Waals surface area contributed by atoms with E-state index in [-0.39, 0.29) is 17.4 Å². The zero-order valence-corrected chi connectivity index (χ0v) is 9.13. The Morgan fingerprint density at radius 3 is 2.50 bits per heavy atom. The van der Waals surface area contributed by atoms with Gasteiger partial charge in [0.2, 0.25) is 0 Å². The summed E-state index contributed by atoms with van der Waals surface area (Å²) in [5, 5.41) is 13.5. The summed E-state index contributed by atoms with van der Waals surface area (Å²) in [7, 11) is 0. The van der Waals surface area contributed by atoms with Crippen molar-refractivity contribution in [1.82, 2.24) is 9.78 Å². The highest BCUT2D eigenvalue weighted by atomic mass is 32.2. The van der Waals surface area contributed by atoms with Gasteiger partial charge in [0.15, 0.2) is 0 Å². The van der Waals surface area contributed by atoms with Gasteiger partial charge in [-0.15, -0.1) is 11.8 Å². The van der Waals surface area contributed by atoms with Crippen LogP contribution in [0.5, 0.6) is 0 Å². The largest absolute Gasteiger partial charge is 0.477 e. The smallest absolute Gasteiger partial charge is 0.342 e. The van der Waals surface area contributed by atoms with Crippen LogP contribution in [0, 0.1) is 0 Å². The fraction of sp³-hybridized carbons (Fsp3) is 0.500. The fourth-order valence-corrected chi connectivity index (χ4v) is 1.73. The number of nitrogen functional groups attached to an aromatic ring is 1. The normalized spacial score (nSPS) is 10.9. The van der Waals surface area contributed by atoms with Crippen molar-refractivity contribution in [3.8, 4) is 0 Å². The minimum Gasteiger partial charge on any atom is -0.477 e. The van der Waals surface area contributed by atoms with Crippen molar-refractivity contribution in [3.63, 3.8) is 0 Å². The molecule has 0 bridgehead atoms. The molecule has 78 valence electrons. The van der Waals surface area contributed by atoms with Crippen LogP contribution in [0.4, 0.5) is 5.82 Å². The Hall–Kier alpha value is -1.17. The Morgan fingerprint density at radius 1 is 1.64 bits per heavy atom. The molecule has 0 radical (unpaired) electrons. The van der Waals surface area contributed by atoms with Gasteiger partial charge >= 0.3 is 5.97 Å². The average molecular weight is 215 g/mol. The highest BCUT2D eigenvalue weighted by molar-refractivity contribution is 7.98. The second-order valence-electron chi connectivity index (χ2n) is 3.11. The summed E-state index contributed by atoms with van der Waals surface area (Å²) < 4.78 is 1.52. The van der Waals surface area contributed by atoms with Crippen molar-refractivity contribution in [3.05, 3.63) is 5.56 Å². The van der Waals surface area contributed by atoms with Crippen LogP contribution in [-0.4, -0.2) is 27.1 Å².